The number of aliphatic hydroxyl groups excluding tert-OH is 2. The van der Waals surface area contributed by atoms with Gasteiger partial charge in [-0.2, -0.15) is 0 Å². The van der Waals surface area contributed by atoms with Crippen molar-refractivity contribution in [3.8, 4) is 0 Å². The molecule has 0 spiro atoms. The molecule has 0 unspecified atom stereocenters. The van der Waals surface area contributed by atoms with Crippen molar-refractivity contribution >= 4 is 0 Å². The second-order valence-electron chi connectivity index (χ2n) is 4.38. The molecule has 2 N–H and O–H groups in total. The molecule has 2 saturated carbocycles. The first-order valence-corrected chi connectivity index (χ1v) is 4.47. The van der Waals surface area contributed by atoms with Crippen molar-refractivity contribution in [1.29, 1.82) is 0 Å². The highest BCUT2D eigenvalue weighted by molar-refractivity contribution is 5.03. The van der Waals surface area contributed by atoms with Crippen LogP contribution in [0.3, 0.4) is 0 Å². The Morgan fingerprint density at radius 3 is 2.55 bits per heavy atom. The van der Waals surface area contributed by atoms with E-state index in [1.54, 1.807) is 0 Å². The lowest BCUT2D eigenvalue weighted by Gasteiger charge is -2.36. The Hall–Kier alpha value is -0.0800. The van der Waals surface area contributed by atoms with Gasteiger partial charge in [0, 0.05) is 5.41 Å². The minimum absolute atomic E-state index is 0.148. The van der Waals surface area contributed by atoms with Crippen LogP contribution in [0.4, 0.5) is 0 Å². The van der Waals surface area contributed by atoms with Crippen molar-refractivity contribution in [1.82, 2.24) is 0 Å². The van der Waals surface area contributed by atoms with Gasteiger partial charge in [0.2, 0.25) is 0 Å². The standard InChI is InChI=1S/C9H16O2/c1-9(5-10)7-3-2-6(4-7)8(9)11/h6-8,10-11H,2-5H2,1H3/t6-,7+,8-,9-/m1/s1. The molecular weight excluding hydrogens is 140 g/mol. The Balaban J connectivity index is 2.23. The van der Waals surface area contributed by atoms with E-state index >= 15 is 0 Å². The molecule has 64 valence electrons. The monoisotopic (exact) mass is 156 g/mol. The highest BCUT2D eigenvalue weighted by Gasteiger charge is 2.54. The number of rotatable bonds is 1. The fourth-order valence-corrected chi connectivity index (χ4v) is 2.90. The molecule has 4 atom stereocenters. The van der Waals surface area contributed by atoms with Crippen LogP contribution in [0.5, 0.6) is 0 Å². The molecule has 2 nitrogen and oxygen atoms in total. The molecule has 0 aromatic rings. The summed E-state index contributed by atoms with van der Waals surface area (Å²) in [6.45, 7) is 2.16. The summed E-state index contributed by atoms with van der Waals surface area (Å²) in [6, 6.07) is 0. The minimum atomic E-state index is -0.244. The summed E-state index contributed by atoms with van der Waals surface area (Å²) in [5, 5.41) is 18.9. The molecule has 0 saturated heterocycles. The lowest BCUT2D eigenvalue weighted by molar-refractivity contribution is -0.0427. The van der Waals surface area contributed by atoms with Gasteiger partial charge in [-0.1, -0.05) is 6.92 Å². The number of hydrogen-bond donors (Lipinski definition) is 2. The zero-order valence-corrected chi connectivity index (χ0v) is 6.95. The summed E-state index contributed by atoms with van der Waals surface area (Å²) < 4.78 is 0. The van der Waals surface area contributed by atoms with E-state index in [1.165, 1.54) is 12.8 Å². The van der Waals surface area contributed by atoms with Crippen LogP contribution >= 0.6 is 0 Å². The molecule has 2 fully saturated rings. The van der Waals surface area contributed by atoms with E-state index in [9.17, 15) is 5.11 Å². The van der Waals surface area contributed by atoms with Crippen LogP contribution in [0.25, 0.3) is 0 Å². The SMILES string of the molecule is C[C@@]1(CO)[C@H]2CC[C@H](C2)[C@H]1O. The van der Waals surface area contributed by atoms with Gasteiger partial charge in [-0.3, -0.25) is 0 Å². The molecule has 0 aromatic carbocycles. The van der Waals surface area contributed by atoms with Gasteiger partial charge in [-0.05, 0) is 31.1 Å². The minimum Gasteiger partial charge on any atom is -0.396 e. The fraction of sp³-hybridized carbons (Fsp3) is 1.00. The first-order chi connectivity index (χ1) is 5.18. The fourth-order valence-electron chi connectivity index (χ4n) is 2.90. The van der Waals surface area contributed by atoms with E-state index in [0.29, 0.717) is 11.8 Å². The predicted octanol–water partition coefficient (Wildman–Crippen LogP) is 0.776. The average molecular weight is 156 g/mol. The van der Waals surface area contributed by atoms with E-state index < -0.39 is 0 Å². The number of aliphatic hydroxyl groups is 2. The predicted molar refractivity (Wildman–Crippen MR) is 42.0 cm³/mol. The maximum absolute atomic E-state index is 9.78. The van der Waals surface area contributed by atoms with Crippen molar-refractivity contribution in [2.75, 3.05) is 6.61 Å². The van der Waals surface area contributed by atoms with E-state index in [4.69, 9.17) is 5.11 Å². The molecule has 2 rings (SSSR count). The van der Waals surface area contributed by atoms with Gasteiger partial charge in [-0.25, -0.2) is 0 Å². The topological polar surface area (TPSA) is 40.5 Å². The van der Waals surface area contributed by atoms with E-state index in [-0.39, 0.29) is 18.1 Å². The Morgan fingerprint density at radius 2 is 2.18 bits per heavy atom. The van der Waals surface area contributed by atoms with E-state index in [0.717, 1.165) is 6.42 Å². The lowest BCUT2D eigenvalue weighted by Crippen LogP contribution is -2.40. The number of fused-ring (bicyclic) bond motifs is 2. The Labute approximate surface area is 67.2 Å². The van der Waals surface area contributed by atoms with Gasteiger partial charge in [0.15, 0.2) is 0 Å². The van der Waals surface area contributed by atoms with Crippen molar-refractivity contribution in [3.63, 3.8) is 0 Å². The quantitative estimate of drug-likeness (QED) is 0.589. The van der Waals surface area contributed by atoms with Crippen molar-refractivity contribution in [2.45, 2.75) is 32.3 Å². The maximum atomic E-state index is 9.78. The molecule has 2 aliphatic carbocycles. The average Bonchev–Trinajstić information content (AvgIpc) is 2.56. The molecule has 0 aromatic heterocycles. The lowest BCUT2D eigenvalue weighted by atomic mass is 9.73. The second kappa shape index (κ2) is 2.20. The molecule has 2 bridgehead atoms. The van der Waals surface area contributed by atoms with Crippen molar-refractivity contribution in [2.24, 2.45) is 17.3 Å². The summed E-state index contributed by atoms with van der Waals surface area (Å²) in [5.41, 5.74) is -0.178. The Kier molecular flexibility index (Phi) is 1.52. The van der Waals surface area contributed by atoms with Crippen LogP contribution in [0.15, 0.2) is 0 Å². The third kappa shape index (κ3) is 0.798. The maximum Gasteiger partial charge on any atom is 0.0646 e. The van der Waals surface area contributed by atoms with Gasteiger partial charge in [0.25, 0.3) is 0 Å². The summed E-state index contributed by atoms with van der Waals surface area (Å²) in [5.74, 6) is 1.06. The zero-order valence-electron chi connectivity index (χ0n) is 6.95. The van der Waals surface area contributed by atoms with Gasteiger partial charge >= 0.3 is 0 Å². The van der Waals surface area contributed by atoms with Gasteiger partial charge in [0.1, 0.15) is 0 Å². The first-order valence-electron chi connectivity index (χ1n) is 4.47. The van der Waals surface area contributed by atoms with Crippen LogP contribution in [0.2, 0.25) is 0 Å². The number of hydrogen-bond acceptors (Lipinski definition) is 2. The normalized spacial score (nSPS) is 55.4. The van der Waals surface area contributed by atoms with Gasteiger partial charge in [-0.15, -0.1) is 0 Å². The molecule has 0 radical (unpaired) electrons. The third-order valence-electron chi connectivity index (χ3n) is 3.87. The Morgan fingerprint density at radius 1 is 1.45 bits per heavy atom. The van der Waals surface area contributed by atoms with Crippen LogP contribution in [0, 0.1) is 17.3 Å². The molecular formula is C9H16O2. The largest absolute Gasteiger partial charge is 0.396 e. The molecule has 2 aliphatic rings. The molecule has 2 heteroatoms. The summed E-state index contributed by atoms with van der Waals surface area (Å²) in [7, 11) is 0. The van der Waals surface area contributed by atoms with E-state index in [2.05, 4.69) is 0 Å². The van der Waals surface area contributed by atoms with Crippen LogP contribution in [-0.4, -0.2) is 22.9 Å². The summed E-state index contributed by atoms with van der Waals surface area (Å²) in [4.78, 5) is 0. The van der Waals surface area contributed by atoms with Crippen molar-refractivity contribution in [3.05, 3.63) is 0 Å². The van der Waals surface area contributed by atoms with E-state index in [1.807, 2.05) is 6.92 Å². The highest BCUT2D eigenvalue weighted by Crippen LogP contribution is 2.55. The van der Waals surface area contributed by atoms with Gasteiger partial charge in [0.05, 0.1) is 12.7 Å². The van der Waals surface area contributed by atoms with Crippen LogP contribution in [0.1, 0.15) is 26.2 Å². The third-order valence-corrected chi connectivity index (χ3v) is 3.87. The zero-order chi connectivity index (χ0) is 8.06. The molecule has 0 heterocycles. The highest BCUT2D eigenvalue weighted by atomic mass is 16.3. The Bertz CT molecular complexity index is 165. The van der Waals surface area contributed by atoms with Crippen molar-refractivity contribution < 1.29 is 10.2 Å². The molecule has 0 aliphatic heterocycles. The summed E-state index contributed by atoms with van der Waals surface area (Å²) >= 11 is 0. The smallest absolute Gasteiger partial charge is 0.0646 e. The van der Waals surface area contributed by atoms with Gasteiger partial charge < -0.3 is 10.2 Å². The molecule has 0 amide bonds. The second-order valence-corrected chi connectivity index (χ2v) is 4.38. The summed E-state index contributed by atoms with van der Waals surface area (Å²) in [6.07, 6.45) is 3.27. The first kappa shape index (κ1) is 7.56. The molecule has 11 heavy (non-hydrogen) atoms. The van der Waals surface area contributed by atoms with Crippen LogP contribution < -0.4 is 0 Å². The van der Waals surface area contributed by atoms with Crippen LogP contribution in [-0.2, 0) is 0 Å².